The molecule has 4 nitrogen and oxygen atoms in total. The van der Waals surface area contributed by atoms with E-state index in [0.29, 0.717) is 10.6 Å². The van der Waals surface area contributed by atoms with Crippen LogP contribution in [0.1, 0.15) is 24.8 Å². The number of carbonyl (C=O) groups is 1. The van der Waals surface area contributed by atoms with Gasteiger partial charge < -0.3 is 10.6 Å². The summed E-state index contributed by atoms with van der Waals surface area (Å²) in [5.41, 5.74) is 2.56. The number of hydrogen-bond donors (Lipinski definition) is 2. The number of hydrogen-bond acceptors (Lipinski definition) is 3. The Morgan fingerprint density at radius 1 is 1.38 bits per heavy atom. The molecule has 0 saturated heterocycles. The summed E-state index contributed by atoms with van der Waals surface area (Å²) in [7, 11) is 0. The average Bonchev–Trinajstić information content (AvgIpc) is 3.05. The molecule has 0 radical (unpaired) electrons. The van der Waals surface area contributed by atoms with E-state index >= 15 is 0 Å². The van der Waals surface area contributed by atoms with Crippen molar-refractivity contribution in [3.8, 4) is 6.07 Å². The van der Waals surface area contributed by atoms with Crippen molar-refractivity contribution in [2.45, 2.75) is 24.8 Å². The van der Waals surface area contributed by atoms with Gasteiger partial charge in [0.2, 0.25) is 0 Å². The van der Waals surface area contributed by atoms with Gasteiger partial charge in [0.15, 0.2) is 5.54 Å². The van der Waals surface area contributed by atoms with Crippen molar-refractivity contribution in [3.63, 3.8) is 0 Å². The molecule has 2 unspecified atom stereocenters. The van der Waals surface area contributed by atoms with E-state index in [1.807, 2.05) is 24.3 Å². The second-order valence-electron chi connectivity index (χ2n) is 5.72. The zero-order valence-corrected chi connectivity index (χ0v) is 12.1. The number of nitrogens with zero attached hydrogens (tertiary/aromatic N) is 1. The van der Waals surface area contributed by atoms with Gasteiger partial charge in [-0.1, -0.05) is 30.4 Å². The lowest BCUT2D eigenvalue weighted by molar-refractivity contribution is -0.123. The number of thiocarbonyl (C=S) groups is 1. The first kappa shape index (κ1) is 12.5. The second-order valence-corrected chi connectivity index (χ2v) is 6.13. The summed E-state index contributed by atoms with van der Waals surface area (Å²) in [6.07, 6.45) is 2.75. The molecule has 0 aromatic heterocycles. The Hall–Kier alpha value is -2.19. The van der Waals surface area contributed by atoms with Crippen LogP contribution >= 0.6 is 12.2 Å². The first-order valence-corrected chi connectivity index (χ1v) is 7.46. The van der Waals surface area contributed by atoms with Gasteiger partial charge in [-0.05, 0) is 30.9 Å². The Morgan fingerprint density at radius 3 is 3.00 bits per heavy atom. The molecular formula is C16H13N3OS. The van der Waals surface area contributed by atoms with Gasteiger partial charge in [0.05, 0.1) is 5.57 Å². The molecule has 0 bridgehead atoms. The van der Waals surface area contributed by atoms with Crippen molar-refractivity contribution < 1.29 is 4.79 Å². The number of para-hydroxylation sites is 1. The van der Waals surface area contributed by atoms with E-state index in [0.717, 1.165) is 36.1 Å². The standard InChI is InChI=1S/C16H13N3OS/c17-8-10-9-4-3-6-11(9)16(19-14(10)21)12-5-1-2-7-13(12)18-15(16)20/h1-2,5,7,11H,3-4,6H2,(H,18,20)(H,19,21). The number of benzene rings is 1. The summed E-state index contributed by atoms with van der Waals surface area (Å²) >= 11 is 5.37. The molecule has 1 amide bonds. The highest BCUT2D eigenvalue weighted by Gasteiger charge is 2.57. The zero-order chi connectivity index (χ0) is 14.6. The molecule has 2 N–H and O–H groups in total. The second kappa shape index (κ2) is 4.15. The molecule has 104 valence electrons. The van der Waals surface area contributed by atoms with Crippen molar-refractivity contribution in [1.82, 2.24) is 5.32 Å². The minimum Gasteiger partial charge on any atom is -0.357 e. The molecule has 1 aromatic rings. The first-order valence-electron chi connectivity index (χ1n) is 7.05. The molecule has 2 atom stereocenters. The van der Waals surface area contributed by atoms with Crippen LogP contribution in [0, 0.1) is 17.2 Å². The first-order chi connectivity index (χ1) is 10.2. The maximum absolute atomic E-state index is 12.8. The Morgan fingerprint density at radius 2 is 2.19 bits per heavy atom. The number of anilines is 1. The van der Waals surface area contributed by atoms with Crippen LogP contribution < -0.4 is 10.6 Å². The number of amides is 1. The van der Waals surface area contributed by atoms with Crippen molar-refractivity contribution in [2.75, 3.05) is 5.32 Å². The molecule has 1 saturated carbocycles. The molecule has 21 heavy (non-hydrogen) atoms. The van der Waals surface area contributed by atoms with Crippen LogP contribution in [-0.4, -0.2) is 10.9 Å². The highest BCUT2D eigenvalue weighted by molar-refractivity contribution is 7.80. The average molecular weight is 295 g/mol. The van der Waals surface area contributed by atoms with E-state index in [4.69, 9.17) is 12.2 Å². The largest absolute Gasteiger partial charge is 0.357 e. The summed E-state index contributed by atoms with van der Waals surface area (Å²) in [4.78, 5) is 13.2. The fourth-order valence-electron chi connectivity index (χ4n) is 3.97. The highest BCUT2D eigenvalue weighted by atomic mass is 32.1. The normalized spacial score (nSPS) is 29.8. The lowest BCUT2D eigenvalue weighted by atomic mass is 9.72. The molecular weight excluding hydrogens is 282 g/mol. The van der Waals surface area contributed by atoms with E-state index in [-0.39, 0.29) is 11.8 Å². The molecule has 1 aliphatic carbocycles. The van der Waals surface area contributed by atoms with Crippen molar-refractivity contribution >= 4 is 28.8 Å². The van der Waals surface area contributed by atoms with Crippen LogP contribution in [0.5, 0.6) is 0 Å². The van der Waals surface area contributed by atoms with Gasteiger partial charge >= 0.3 is 0 Å². The summed E-state index contributed by atoms with van der Waals surface area (Å²) in [5, 5.41) is 15.5. The van der Waals surface area contributed by atoms with Gasteiger partial charge in [-0.25, -0.2) is 0 Å². The predicted molar refractivity (Wildman–Crippen MR) is 82.5 cm³/mol. The van der Waals surface area contributed by atoms with Gasteiger partial charge in [0.25, 0.3) is 5.91 Å². The van der Waals surface area contributed by atoms with Crippen LogP contribution in [0.25, 0.3) is 0 Å². The highest BCUT2D eigenvalue weighted by Crippen LogP contribution is 2.52. The van der Waals surface area contributed by atoms with Crippen LogP contribution in [0.15, 0.2) is 35.4 Å². The molecule has 4 rings (SSSR count). The van der Waals surface area contributed by atoms with E-state index in [2.05, 4.69) is 16.7 Å². The topological polar surface area (TPSA) is 64.9 Å². The lowest BCUT2D eigenvalue weighted by Crippen LogP contribution is -2.58. The third kappa shape index (κ3) is 1.43. The van der Waals surface area contributed by atoms with E-state index < -0.39 is 5.54 Å². The van der Waals surface area contributed by atoms with Gasteiger partial charge in [-0.2, -0.15) is 5.26 Å². The Labute approximate surface area is 127 Å². The summed E-state index contributed by atoms with van der Waals surface area (Å²) < 4.78 is 0. The maximum Gasteiger partial charge on any atom is 0.255 e. The number of nitrogens with one attached hydrogen (secondary N) is 2. The quantitative estimate of drug-likeness (QED) is 0.721. The van der Waals surface area contributed by atoms with Gasteiger partial charge in [-0.3, -0.25) is 4.79 Å². The molecule has 2 heterocycles. The monoisotopic (exact) mass is 295 g/mol. The van der Waals surface area contributed by atoms with Gasteiger partial charge in [-0.15, -0.1) is 0 Å². The summed E-state index contributed by atoms with van der Waals surface area (Å²) in [6, 6.07) is 9.93. The van der Waals surface area contributed by atoms with Crippen LogP contribution in [-0.2, 0) is 10.3 Å². The predicted octanol–water partition coefficient (Wildman–Crippen LogP) is 2.38. The smallest absolute Gasteiger partial charge is 0.255 e. The number of fused-ring (bicyclic) bond motifs is 4. The van der Waals surface area contributed by atoms with Crippen molar-refractivity contribution in [3.05, 3.63) is 41.0 Å². The fourth-order valence-corrected chi connectivity index (χ4v) is 4.31. The Balaban J connectivity index is 1.98. The zero-order valence-electron chi connectivity index (χ0n) is 11.3. The summed E-state index contributed by atoms with van der Waals surface area (Å²) in [6.45, 7) is 0. The molecule has 5 heteroatoms. The summed E-state index contributed by atoms with van der Waals surface area (Å²) in [5.74, 6) is -0.0464. The third-order valence-electron chi connectivity index (χ3n) is 4.81. The maximum atomic E-state index is 12.8. The fraction of sp³-hybridized carbons (Fsp3) is 0.312. The van der Waals surface area contributed by atoms with Crippen LogP contribution in [0.3, 0.4) is 0 Å². The number of carbonyl (C=O) groups excluding carboxylic acids is 1. The van der Waals surface area contributed by atoms with E-state index in [9.17, 15) is 10.1 Å². The van der Waals surface area contributed by atoms with Crippen molar-refractivity contribution in [2.24, 2.45) is 5.92 Å². The van der Waals surface area contributed by atoms with Gasteiger partial charge in [0.1, 0.15) is 11.1 Å². The minimum absolute atomic E-state index is 0.0162. The lowest BCUT2D eigenvalue weighted by Gasteiger charge is -2.40. The molecule has 1 fully saturated rings. The molecule has 1 aromatic carbocycles. The van der Waals surface area contributed by atoms with Crippen LogP contribution in [0.2, 0.25) is 0 Å². The molecule has 1 spiro atoms. The minimum atomic E-state index is -0.833. The van der Waals surface area contributed by atoms with E-state index in [1.54, 1.807) is 0 Å². The molecule has 3 aliphatic rings. The Kier molecular flexibility index (Phi) is 2.48. The van der Waals surface area contributed by atoms with E-state index in [1.165, 1.54) is 0 Å². The van der Waals surface area contributed by atoms with Gasteiger partial charge in [0, 0.05) is 17.2 Å². The third-order valence-corrected chi connectivity index (χ3v) is 5.12. The molecule has 2 aliphatic heterocycles. The number of rotatable bonds is 0. The van der Waals surface area contributed by atoms with Crippen LogP contribution in [0.4, 0.5) is 5.69 Å². The Bertz CT molecular complexity index is 761. The SMILES string of the molecule is N#CC1=C2CCCC2C2(NC1=S)C(=O)Nc1ccccc12. The number of nitriles is 1. The van der Waals surface area contributed by atoms with Crippen molar-refractivity contribution in [1.29, 1.82) is 5.26 Å².